The predicted molar refractivity (Wildman–Crippen MR) is 85.7 cm³/mol. The molecular formula is C17H13F6N3O. The van der Waals surface area contributed by atoms with Gasteiger partial charge in [0.1, 0.15) is 13.2 Å². The highest BCUT2D eigenvalue weighted by molar-refractivity contribution is 5.62. The summed E-state index contributed by atoms with van der Waals surface area (Å²) in [5, 5.41) is 0. The maximum absolute atomic E-state index is 13.1. The number of aromatic nitrogens is 1. The third-order valence-corrected chi connectivity index (χ3v) is 3.39. The standard InChI is InChI=1S/C17H13F6N3O/c1-24-14-6-5-12(10-13(14)17(21,22)23)26(11-16(18,19)20)8-9-27-15-4-2-3-7-25-15/h2-7,10H,8-9,11H2. The van der Waals surface area contributed by atoms with Crippen molar-refractivity contribution < 1.29 is 31.1 Å². The number of hydrogen-bond donors (Lipinski definition) is 0. The van der Waals surface area contributed by atoms with Crippen LogP contribution in [0.25, 0.3) is 4.85 Å². The van der Waals surface area contributed by atoms with Crippen LogP contribution in [0.2, 0.25) is 0 Å². The van der Waals surface area contributed by atoms with E-state index in [9.17, 15) is 26.3 Å². The Hall–Kier alpha value is -2.96. The minimum absolute atomic E-state index is 0.184. The molecule has 10 heteroatoms. The average Bonchev–Trinajstić information content (AvgIpc) is 2.59. The molecule has 0 saturated heterocycles. The molecule has 1 aromatic heterocycles. The lowest BCUT2D eigenvalue weighted by Crippen LogP contribution is -2.37. The highest BCUT2D eigenvalue weighted by Gasteiger charge is 2.35. The summed E-state index contributed by atoms with van der Waals surface area (Å²) < 4.78 is 83.0. The average molecular weight is 389 g/mol. The number of benzene rings is 1. The van der Waals surface area contributed by atoms with E-state index >= 15 is 0 Å². The van der Waals surface area contributed by atoms with E-state index in [4.69, 9.17) is 11.3 Å². The van der Waals surface area contributed by atoms with Gasteiger partial charge in [-0.15, -0.1) is 0 Å². The molecule has 2 aromatic rings. The van der Waals surface area contributed by atoms with Crippen LogP contribution in [0.4, 0.5) is 37.7 Å². The number of halogens is 6. The minimum atomic E-state index is -4.86. The van der Waals surface area contributed by atoms with Gasteiger partial charge in [0.05, 0.1) is 18.7 Å². The molecule has 0 radical (unpaired) electrons. The highest BCUT2D eigenvalue weighted by Crippen LogP contribution is 2.39. The van der Waals surface area contributed by atoms with Crippen molar-refractivity contribution in [1.82, 2.24) is 4.98 Å². The van der Waals surface area contributed by atoms with Crippen LogP contribution in [0.3, 0.4) is 0 Å². The van der Waals surface area contributed by atoms with Crippen molar-refractivity contribution >= 4 is 11.4 Å². The molecule has 0 unspecified atom stereocenters. The molecule has 0 amide bonds. The van der Waals surface area contributed by atoms with Crippen molar-refractivity contribution in [2.75, 3.05) is 24.6 Å². The zero-order valence-electron chi connectivity index (χ0n) is 13.7. The molecule has 0 fully saturated rings. The molecule has 144 valence electrons. The van der Waals surface area contributed by atoms with Gasteiger partial charge in [-0.05, 0) is 18.2 Å². The van der Waals surface area contributed by atoms with Gasteiger partial charge in [-0.1, -0.05) is 12.1 Å². The first-order valence-corrected chi connectivity index (χ1v) is 7.54. The van der Waals surface area contributed by atoms with E-state index in [2.05, 4.69) is 9.83 Å². The van der Waals surface area contributed by atoms with Crippen molar-refractivity contribution in [2.24, 2.45) is 0 Å². The van der Waals surface area contributed by atoms with Gasteiger partial charge in [0, 0.05) is 18.0 Å². The third kappa shape index (κ3) is 6.06. The summed E-state index contributed by atoms with van der Waals surface area (Å²) in [7, 11) is 0. The third-order valence-electron chi connectivity index (χ3n) is 3.39. The zero-order valence-corrected chi connectivity index (χ0v) is 13.7. The lowest BCUT2D eigenvalue weighted by atomic mass is 10.1. The number of pyridine rings is 1. The van der Waals surface area contributed by atoms with E-state index in [1.807, 2.05) is 0 Å². The second-order valence-electron chi connectivity index (χ2n) is 5.36. The maximum atomic E-state index is 13.1. The van der Waals surface area contributed by atoms with E-state index in [-0.39, 0.29) is 24.7 Å². The van der Waals surface area contributed by atoms with Crippen molar-refractivity contribution in [2.45, 2.75) is 12.4 Å². The minimum Gasteiger partial charge on any atom is -0.476 e. The van der Waals surface area contributed by atoms with Crippen molar-refractivity contribution in [1.29, 1.82) is 0 Å². The largest absolute Gasteiger partial charge is 0.476 e. The molecule has 1 heterocycles. The predicted octanol–water partition coefficient (Wildman–Crippen LogP) is 5.10. The Morgan fingerprint density at radius 1 is 1.07 bits per heavy atom. The summed E-state index contributed by atoms with van der Waals surface area (Å²) in [5.41, 5.74) is -2.27. The van der Waals surface area contributed by atoms with E-state index in [0.29, 0.717) is 11.0 Å². The van der Waals surface area contributed by atoms with Crippen LogP contribution in [0, 0.1) is 6.57 Å². The number of nitrogens with zero attached hydrogens (tertiary/aromatic N) is 3. The van der Waals surface area contributed by atoms with Crippen LogP contribution in [-0.4, -0.2) is 30.9 Å². The SMILES string of the molecule is [C-]#[N+]c1ccc(N(CCOc2ccccn2)CC(F)(F)F)cc1C(F)(F)F. The number of anilines is 1. The first kappa shape index (κ1) is 20.4. The summed E-state index contributed by atoms with van der Waals surface area (Å²) in [6.45, 7) is 4.78. The Bertz CT molecular complexity index is 799. The van der Waals surface area contributed by atoms with Crippen molar-refractivity contribution in [3.63, 3.8) is 0 Å². The summed E-state index contributed by atoms with van der Waals surface area (Å²) in [6, 6.07) is 7.19. The normalized spacial score (nSPS) is 11.7. The number of alkyl halides is 6. The Balaban J connectivity index is 2.24. The molecule has 0 atom stereocenters. The van der Waals surface area contributed by atoms with Gasteiger partial charge in [-0.3, -0.25) is 0 Å². The topological polar surface area (TPSA) is 29.7 Å². The molecule has 0 spiro atoms. The van der Waals surface area contributed by atoms with Crippen LogP contribution in [-0.2, 0) is 6.18 Å². The monoisotopic (exact) mass is 389 g/mol. The molecule has 0 aliphatic carbocycles. The highest BCUT2D eigenvalue weighted by atomic mass is 19.4. The Labute approximate surface area is 150 Å². The van der Waals surface area contributed by atoms with E-state index < -0.39 is 30.1 Å². The first-order valence-electron chi connectivity index (χ1n) is 7.54. The number of rotatable bonds is 6. The van der Waals surface area contributed by atoms with E-state index in [0.717, 1.165) is 12.1 Å². The molecule has 2 rings (SSSR count). The molecule has 4 nitrogen and oxygen atoms in total. The Kier molecular flexibility index (Phi) is 6.15. The van der Waals surface area contributed by atoms with E-state index in [1.165, 1.54) is 12.3 Å². The molecule has 27 heavy (non-hydrogen) atoms. The van der Waals surface area contributed by atoms with Crippen molar-refractivity contribution in [3.05, 3.63) is 59.6 Å². The fraction of sp³-hybridized carbons (Fsp3) is 0.294. The van der Waals surface area contributed by atoms with Crippen LogP contribution in [0.1, 0.15) is 5.56 Å². The molecule has 0 N–H and O–H groups in total. The molecule has 0 aliphatic rings. The summed E-state index contributed by atoms with van der Waals surface area (Å²) in [5.74, 6) is 0.184. The molecule has 0 bridgehead atoms. The van der Waals surface area contributed by atoms with Crippen LogP contribution < -0.4 is 9.64 Å². The molecular weight excluding hydrogens is 376 g/mol. The van der Waals surface area contributed by atoms with E-state index in [1.54, 1.807) is 12.1 Å². The molecule has 0 aliphatic heterocycles. The summed E-state index contributed by atoms with van der Waals surface area (Å²) in [4.78, 5) is 7.33. The van der Waals surface area contributed by atoms with Gasteiger partial charge in [0.15, 0.2) is 5.69 Å². The van der Waals surface area contributed by atoms with Crippen LogP contribution >= 0.6 is 0 Å². The van der Waals surface area contributed by atoms with Crippen LogP contribution in [0.15, 0.2) is 42.6 Å². The number of hydrogen-bond acceptors (Lipinski definition) is 3. The van der Waals surface area contributed by atoms with Crippen LogP contribution in [0.5, 0.6) is 5.88 Å². The second kappa shape index (κ2) is 8.16. The Morgan fingerprint density at radius 3 is 2.37 bits per heavy atom. The zero-order chi connectivity index (χ0) is 20.1. The summed E-state index contributed by atoms with van der Waals surface area (Å²) in [6.07, 6.45) is -8.06. The van der Waals surface area contributed by atoms with Gasteiger partial charge in [0.2, 0.25) is 5.88 Å². The lowest BCUT2D eigenvalue weighted by Gasteiger charge is -2.27. The maximum Gasteiger partial charge on any atom is 0.407 e. The molecule has 0 saturated carbocycles. The lowest BCUT2D eigenvalue weighted by molar-refractivity contribution is -0.136. The number of ether oxygens (including phenoxy) is 1. The van der Waals surface area contributed by atoms with Gasteiger partial charge in [0.25, 0.3) is 0 Å². The van der Waals surface area contributed by atoms with Gasteiger partial charge < -0.3 is 9.64 Å². The first-order chi connectivity index (χ1) is 12.6. The van der Waals surface area contributed by atoms with Gasteiger partial charge >= 0.3 is 12.4 Å². The fourth-order valence-electron chi connectivity index (χ4n) is 2.25. The van der Waals surface area contributed by atoms with Crippen molar-refractivity contribution in [3.8, 4) is 5.88 Å². The molecule has 1 aromatic carbocycles. The smallest absolute Gasteiger partial charge is 0.407 e. The summed E-state index contributed by atoms with van der Waals surface area (Å²) >= 11 is 0. The quantitative estimate of drug-likeness (QED) is 0.509. The van der Waals surface area contributed by atoms with Gasteiger partial charge in [-0.2, -0.15) is 26.3 Å². The Morgan fingerprint density at radius 2 is 1.81 bits per heavy atom. The second-order valence-corrected chi connectivity index (χ2v) is 5.36. The fourth-order valence-corrected chi connectivity index (χ4v) is 2.25. The van der Waals surface area contributed by atoms with Gasteiger partial charge in [-0.25, -0.2) is 9.83 Å².